The summed E-state index contributed by atoms with van der Waals surface area (Å²) in [5, 5.41) is 4.68. The van der Waals surface area contributed by atoms with Crippen molar-refractivity contribution in [2.45, 2.75) is 32.4 Å². The van der Waals surface area contributed by atoms with Gasteiger partial charge in [0.2, 0.25) is 0 Å². The van der Waals surface area contributed by atoms with Crippen molar-refractivity contribution in [2.75, 3.05) is 0 Å². The largest absolute Gasteiger partial charge is 0.309 e. The average molecular weight is 297 g/mol. The van der Waals surface area contributed by atoms with Gasteiger partial charge in [0.1, 0.15) is 10.8 Å². The first-order valence-corrected chi connectivity index (χ1v) is 7.48. The summed E-state index contributed by atoms with van der Waals surface area (Å²) in [4.78, 5) is 5.63. The maximum absolute atomic E-state index is 13.8. The van der Waals surface area contributed by atoms with Crippen molar-refractivity contribution in [3.63, 3.8) is 0 Å². The van der Waals surface area contributed by atoms with Crippen molar-refractivity contribution in [3.05, 3.63) is 39.6 Å². The van der Waals surface area contributed by atoms with E-state index in [1.807, 2.05) is 6.92 Å². The zero-order chi connectivity index (χ0) is 13.4. The summed E-state index contributed by atoms with van der Waals surface area (Å²) in [5.41, 5.74) is 1.45. The molecule has 19 heavy (non-hydrogen) atoms. The molecule has 5 heteroatoms. The van der Waals surface area contributed by atoms with Crippen LogP contribution in [0.2, 0.25) is 5.02 Å². The number of aryl methyl sites for hydroxylation is 1. The maximum atomic E-state index is 13.8. The molecule has 3 rings (SSSR count). The third kappa shape index (κ3) is 2.96. The molecule has 0 bridgehead atoms. The Morgan fingerprint density at radius 3 is 3.00 bits per heavy atom. The SMILES string of the molecule is Cc1nc(-c2cc(Cl)ccc2F)sc1CNC1CC1. The van der Waals surface area contributed by atoms with Crippen molar-refractivity contribution < 1.29 is 4.39 Å². The zero-order valence-corrected chi connectivity index (χ0v) is 12.1. The van der Waals surface area contributed by atoms with E-state index in [2.05, 4.69) is 10.3 Å². The lowest BCUT2D eigenvalue weighted by Crippen LogP contribution is -2.14. The van der Waals surface area contributed by atoms with Crippen LogP contribution in [-0.4, -0.2) is 11.0 Å². The molecule has 1 saturated carbocycles. The van der Waals surface area contributed by atoms with E-state index in [-0.39, 0.29) is 5.82 Å². The van der Waals surface area contributed by atoms with Crippen molar-refractivity contribution in [1.82, 2.24) is 10.3 Å². The third-order valence-corrected chi connectivity index (χ3v) is 4.61. The first kappa shape index (κ1) is 13.0. The molecule has 1 N–H and O–H groups in total. The van der Waals surface area contributed by atoms with Gasteiger partial charge in [-0.2, -0.15) is 0 Å². The summed E-state index contributed by atoms with van der Waals surface area (Å²) >= 11 is 7.46. The Morgan fingerprint density at radius 2 is 2.26 bits per heavy atom. The predicted molar refractivity (Wildman–Crippen MR) is 77.1 cm³/mol. The van der Waals surface area contributed by atoms with E-state index < -0.39 is 0 Å². The number of benzene rings is 1. The molecule has 0 saturated heterocycles. The summed E-state index contributed by atoms with van der Waals surface area (Å²) in [5.74, 6) is -0.278. The van der Waals surface area contributed by atoms with Gasteiger partial charge in [0.15, 0.2) is 0 Å². The molecule has 0 radical (unpaired) electrons. The molecule has 1 aliphatic carbocycles. The van der Waals surface area contributed by atoms with E-state index in [4.69, 9.17) is 11.6 Å². The first-order valence-electron chi connectivity index (χ1n) is 6.28. The van der Waals surface area contributed by atoms with Gasteiger partial charge in [-0.05, 0) is 38.0 Å². The van der Waals surface area contributed by atoms with E-state index in [1.165, 1.54) is 35.1 Å². The molecular formula is C14H14ClFN2S. The highest BCUT2D eigenvalue weighted by atomic mass is 35.5. The lowest BCUT2D eigenvalue weighted by Gasteiger charge is -2.00. The Hall–Kier alpha value is -0.970. The Morgan fingerprint density at radius 1 is 1.47 bits per heavy atom. The topological polar surface area (TPSA) is 24.9 Å². The van der Waals surface area contributed by atoms with E-state index >= 15 is 0 Å². The van der Waals surface area contributed by atoms with E-state index in [0.717, 1.165) is 12.2 Å². The fourth-order valence-corrected chi connectivity index (χ4v) is 3.10. The lowest BCUT2D eigenvalue weighted by molar-refractivity contribution is 0.631. The van der Waals surface area contributed by atoms with Gasteiger partial charge in [-0.15, -0.1) is 11.3 Å². The standard InChI is InChI=1S/C14H14ClFN2S/c1-8-13(7-17-10-3-4-10)19-14(18-8)11-6-9(15)2-5-12(11)16/h2,5-6,10,17H,3-4,7H2,1H3. The number of hydrogen-bond donors (Lipinski definition) is 1. The van der Waals surface area contributed by atoms with Gasteiger partial charge in [-0.25, -0.2) is 9.37 Å². The summed E-state index contributed by atoms with van der Waals surface area (Å²) in [6.45, 7) is 2.78. The Labute approximate surface area is 120 Å². The second-order valence-electron chi connectivity index (χ2n) is 4.81. The van der Waals surface area contributed by atoms with E-state index in [9.17, 15) is 4.39 Å². The molecule has 2 aromatic rings. The van der Waals surface area contributed by atoms with Crippen LogP contribution in [0.1, 0.15) is 23.4 Å². The molecule has 100 valence electrons. The molecule has 0 amide bonds. The highest BCUT2D eigenvalue weighted by molar-refractivity contribution is 7.15. The highest BCUT2D eigenvalue weighted by Gasteiger charge is 2.21. The lowest BCUT2D eigenvalue weighted by atomic mass is 10.2. The van der Waals surface area contributed by atoms with Crippen molar-refractivity contribution in [3.8, 4) is 10.6 Å². The fraction of sp³-hybridized carbons (Fsp3) is 0.357. The van der Waals surface area contributed by atoms with E-state index in [0.29, 0.717) is 21.6 Å². The molecule has 0 unspecified atom stereocenters. The number of hydrogen-bond acceptors (Lipinski definition) is 3. The second-order valence-corrected chi connectivity index (χ2v) is 6.33. The van der Waals surface area contributed by atoms with Crippen LogP contribution in [0.4, 0.5) is 4.39 Å². The number of rotatable bonds is 4. The quantitative estimate of drug-likeness (QED) is 0.916. The predicted octanol–water partition coefficient (Wildman–Crippen LogP) is 4.16. The van der Waals surface area contributed by atoms with Gasteiger partial charge in [0.05, 0.1) is 5.69 Å². The number of nitrogens with one attached hydrogen (secondary N) is 1. The number of thiazole rings is 1. The van der Waals surface area contributed by atoms with Crippen LogP contribution in [0.3, 0.4) is 0 Å². The summed E-state index contributed by atoms with van der Waals surface area (Å²) in [7, 11) is 0. The number of nitrogens with zero attached hydrogens (tertiary/aromatic N) is 1. The minimum absolute atomic E-state index is 0.278. The van der Waals surface area contributed by atoms with Crippen LogP contribution in [0.25, 0.3) is 10.6 Å². The van der Waals surface area contributed by atoms with Crippen molar-refractivity contribution in [1.29, 1.82) is 0 Å². The van der Waals surface area contributed by atoms with Gasteiger partial charge < -0.3 is 5.32 Å². The molecule has 1 heterocycles. The van der Waals surface area contributed by atoms with Gasteiger partial charge in [-0.1, -0.05) is 11.6 Å². The van der Waals surface area contributed by atoms with Crippen LogP contribution in [0.5, 0.6) is 0 Å². The minimum atomic E-state index is -0.278. The Balaban J connectivity index is 1.87. The van der Waals surface area contributed by atoms with Gasteiger partial charge >= 0.3 is 0 Å². The molecule has 1 aromatic carbocycles. The highest BCUT2D eigenvalue weighted by Crippen LogP contribution is 2.32. The molecule has 1 aliphatic rings. The zero-order valence-electron chi connectivity index (χ0n) is 10.5. The maximum Gasteiger partial charge on any atom is 0.133 e. The summed E-state index contributed by atoms with van der Waals surface area (Å²) in [6.07, 6.45) is 2.52. The van der Waals surface area contributed by atoms with E-state index in [1.54, 1.807) is 12.1 Å². The molecule has 0 spiro atoms. The first-order chi connectivity index (χ1) is 9.13. The second kappa shape index (κ2) is 5.19. The molecule has 0 aliphatic heterocycles. The summed E-state index contributed by atoms with van der Waals surface area (Å²) < 4.78 is 13.8. The average Bonchev–Trinajstić information content (AvgIpc) is 3.14. The Bertz CT molecular complexity index is 607. The van der Waals surface area contributed by atoms with Gasteiger partial charge in [-0.3, -0.25) is 0 Å². The molecule has 2 nitrogen and oxygen atoms in total. The molecular weight excluding hydrogens is 283 g/mol. The van der Waals surface area contributed by atoms with Crippen LogP contribution in [-0.2, 0) is 6.54 Å². The number of halogens is 2. The summed E-state index contributed by atoms with van der Waals surface area (Å²) in [6, 6.07) is 5.23. The van der Waals surface area contributed by atoms with Crippen LogP contribution in [0.15, 0.2) is 18.2 Å². The molecule has 0 atom stereocenters. The fourth-order valence-electron chi connectivity index (χ4n) is 1.89. The van der Waals surface area contributed by atoms with Gasteiger partial charge in [0.25, 0.3) is 0 Å². The third-order valence-electron chi connectivity index (χ3n) is 3.18. The molecule has 1 fully saturated rings. The monoisotopic (exact) mass is 296 g/mol. The molecule has 1 aromatic heterocycles. The smallest absolute Gasteiger partial charge is 0.133 e. The number of aromatic nitrogens is 1. The van der Waals surface area contributed by atoms with Crippen molar-refractivity contribution in [2.24, 2.45) is 0 Å². The van der Waals surface area contributed by atoms with Gasteiger partial charge in [0, 0.05) is 28.0 Å². The minimum Gasteiger partial charge on any atom is -0.309 e. The van der Waals surface area contributed by atoms with Crippen LogP contribution >= 0.6 is 22.9 Å². The Kier molecular flexibility index (Phi) is 3.56. The van der Waals surface area contributed by atoms with Crippen LogP contribution < -0.4 is 5.32 Å². The van der Waals surface area contributed by atoms with Crippen LogP contribution in [0, 0.1) is 12.7 Å². The van der Waals surface area contributed by atoms with Crippen molar-refractivity contribution >= 4 is 22.9 Å². The normalized spacial score (nSPS) is 14.9.